The predicted octanol–water partition coefficient (Wildman–Crippen LogP) is -1.62. The fourth-order valence-corrected chi connectivity index (χ4v) is 10.6. The van der Waals surface area contributed by atoms with Gasteiger partial charge in [-0.1, -0.05) is 19.4 Å². The number of allylic oxidation sites excluding steroid dienone is 3. The van der Waals surface area contributed by atoms with E-state index in [-0.39, 0.29) is 24.8 Å². The number of alkyl halides is 1. The molecule has 270 valence electrons. The second-order valence-electron chi connectivity index (χ2n) is 15.5. The zero-order chi connectivity index (χ0) is 35.3. The summed E-state index contributed by atoms with van der Waals surface area (Å²) < 4.78 is 29.8. The van der Waals surface area contributed by atoms with E-state index >= 15 is 4.39 Å². The Morgan fingerprint density at radius 3 is 2.06 bits per heavy atom. The van der Waals surface area contributed by atoms with Crippen LogP contribution in [0.15, 0.2) is 23.3 Å². The van der Waals surface area contributed by atoms with Crippen LogP contribution >= 0.6 is 0 Å². The number of hydrogen-bond donors (Lipinski definition) is 9. The van der Waals surface area contributed by atoms with Crippen molar-refractivity contribution >= 4 is 11.6 Å². The lowest BCUT2D eigenvalue weighted by molar-refractivity contribution is -0.233. The Bertz CT molecular complexity index is 1370. The van der Waals surface area contributed by atoms with E-state index in [1.807, 2.05) is 0 Å². The molecule has 0 aromatic heterocycles. The van der Waals surface area contributed by atoms with Crippen LogP contribution < -0.4 is 0 Å². The highest BCUT2D eigenvalue weighted by Crippen LogP contribution is 2.72. The van der Waals surface area contributed by atoms with Crippen molar-refractivity contribution in [3.05, 3.63) is 23.3 Å². The van der Waals surface area contributed by atoms with Crippen LogP contribution in [0.3, 0.4) is 0 Å². The first kappa shape index (κ1) is 36.1. The summed E-state index contributed by atoms with van der Waals surface area (Å²) in [4.78, 5) is 27.1. The summed E-state index contributed by atoms with van der Waals surface area (Å²) in [7, 11) is 0. The maximum atomic E-state index is 18.3. The van der Waals surface area contributed by atoms with Gasteiger partial charge >= 0.3 is 0 Å². The summed E-state index contributed by atoms with van der Waals surface area (Å²) in [5.74, 6) is -3.01. The Hall–Kier alpha value is -1.69. The Morgan fingerprint density at radius 1 is 0.854 bits per heavy atom. The molecule has 0 spiro atoms. The highest BCUT2D eigenvalue weighted by atomic mass is 19.1. The zero-order valence-corrected chi connectivity index (χ0v) is 27.4. The van der Waals surface area contributed by atoms with Crippen LogP contribution in [0.1, 0.15) is 59.3 Å². The molecule has 0 aromatic carbocycles. The maximum absolute atomic E-state index is 18.3. The third-order valence-corrected chi connectivity index (χ3v) is 13.5. The fraction of sp³-hybridized carbons (Fsp3) is 0.824. The molecule has 2 aliphatic heterocycles. The van der Waals surface area contributed by atoms with E-state index in [2.05, 4.69) is 0 Å². The molecule has 9 N–H and O–H groups in total. The lowest BCUT2D eigenvalue weighted by Crippen LogP contribution is -2.67. The normalized spacial score (nSPS) is 53.7. The van der Waals surface area contributed by atoms with Crippen molar-refractivity contribution in [3.8, 4) is 0 Å². The molecule has 48 heavy (non-hydrogen) atoms. The van der Waals surface area contributed by atoms with Gasteiger partial charge in [-0.15, -0.1) is 0 Å². The van der Waals surface area contributed by atoms with Crippen LogP contribution in [0.4, 0.5) is 4.39 Å². The van der Waals surface area contributed by atoms with Crippen LogP contribution in [0, 0.1) is 28.6 Å². The van der Waals surface area contributed by atoms with Crippen LogP contribution in [0.5, 0.6) is 0 Å². The van der Waals surface area contributed by atoms with E-state index in [0.29, 0.717) is 18.4 Å². The number of ether oxygens (including phenoxy) is 2. The number of aliphatic hydroxyl groups excluding tert-OH is 8. The molecule has 2 saturated heterocycles. The monoisotopic (exact) mass is 684 g/mol. The summed E-state index contributed by atoms with van der Waals surface area (Å²) in [6.07, 6.45) is -12.5. The van der Waals surface area contributed by atoms with Crippen molar-refractivity contribution in [2.24, 2.45) is 28.6 Å². The Kier molecular flexibility index (Phi) is 9.20. The van der Waals surface area contributed by atoms with Gasteiger partial charge in [0.1, 0.15) is 66.2 Å². The van der Waals surface area contributed by atoms with E-state index in [0.717, 1.165) is 0 Å². The lowest BCUT2D eigenvalue weighted by Gasteiger charge is -2.63. The highest BCUT2D eigenvalue weighted by Gasteiger charge is 2.74. The van der Waals surface area contributed by atoms with Crippen molar-refractivity contribution in [1.82, 2.24) is 0 Å². The molecular formula is C34H49FO13. The molecule has 0 radical (unpaired) electrons. The van der Waals surface area contributed by atoms with E-state index in [1.165, 1.54) is 12.2 Å². The van der Waals surface area contributed by atoms with Crippen molar-refractivity contribution in [3.63, 3.8) is 0 Å². The number of fused-ring (bicyclic) bond motifs is 5. The molecule has 13 nitrogen and oxygen atoms in total. The molecular weight excluding hydrogens is 635 g/mol. The molecule has 0 bridgehead atoms. The Morgan fingerprint density at radius 2 is 1.44 bits per heavy atom. The molecule has 6 rings (SSSR count). The van der Waals surface area contributed by atoms with Gasteiger partial charge in [0.05, 0.1) is 19.3 Å². The van der Waals surface area contributed by atoms with Gasteiger partial charge in [0, 0.05) is 17.3 Å². The summed E-state index contributed by atoms with van der Waals surface area (Å²) in [5, 5.41) is 95.0. The third-order valence-electron chi connectivity index (χ3n) is 13.5. The smallest absolute Gasteiger partial charge is 0.178 e. The van der Waals surface area contributed by atoms with Gasteiger partial charge in [-0.05, 0) is 74.5 Å². The first-order chi connectivity index (χ1) is 22.4. The molecule has 0 amide bonds. The summed E-state index contributed by atoms with van der Waals surface area (Å²) in [6.45, 7) is 3.75. The van der Waals surface area contributed by atoms with Crippen LogP contribution in [0.2, 0.25) is 0 Å². The summed E-state index contributed by atoms with van der Waals surface area (Å²) in [5.41, 5.74) is -6.09. The summed E-state index contributed by atoms with van der Waals surface area (Å²) >= 11 is 0. The van der Waals surface area contributed by atoms with Crippen LogP contribution in [0.25, 0.3) is 0 Å². The standard InChI is InChI=1S/C34H49FO13/c1-14-8-18-17-5-4-15-9-16(38)10-19(30-29(45)28(44)26(42)22(13-37)48-30)32(15,3)33(17,35)7-6-31(18,2)34(14,46)23(39)11-20-24(40)27(43)25(41)21(12-36)47-20/h9-10,14,17-18,20-22,24-30,36-37,40-46H,4-8,11-13H2,1-3H3/t14?,17-,18-,20-,21+,22+,24-,25-,26-,27+,28-,29+,30-,31-,32+,33+,34-/m0/s1. The number of carbonyl (C=O) groups is 2. The number of Topliss-reactive ketones (excluding diaryl/α,β-unsaturated/α-hetero) is 1. The van der Waals surface area contributed by atoms with Crippen molar-refractivity contribution in [1.29, 1.82) is 0 Å². The van der Waals surface area contributed by atoms with Crippen molar-refractivity contribution < 1.29 is 69.4 Å². The van der Waals surface area contributed by atoms with Gasteiger partial charge in [-0.2, -0.15) is 0 Å². The topological polar surface area (TPSA) is 235 Å². The van der Waals surface area contributed by atoms with Crippen molar-refractivity contribution in [2.75, 3.05) is 13.2 Å². The number of halogens is 1. The number of hydrogen-bond acceptors (Lipinski definition) is 13. The van der Waals surface area contributed by atoms with E-state index in [4.69, 9.17) is 9.47 Å². The molecule has 3 saturated carbocycles. The zero-order valence-electron chi connectivity index (χ0n) is 27.4. The Labute approximate surface area is 277 Å². The molecule has 5 fully saturated rings. The molecule has 6 aliphatic rings. The third kappa shape index (κ3) is 4.75. The average Bonchev–Trinajstić information content (AvgIpc) is 3.26. The fourth-order valence-electron chi connectivity index (χ4n) is 10.6. The van der Waals surface area contributed by atoms with Gasteiger partial charge in [0.25, 0.3) is 0 Å². The van der Waals surface area contributed by atoms with Crippen LogP contribution in [-0.4, -0.2) is 143 Å². The largest absolute Gasteiger partial charge is 0.394 e. The SMILES string of the molecule is CC1C[C@H]2[C@@H]3CCC4=CC(=O)C=C([C@@H]5O[C@H](CO)[C@H](O)[C@H](O)[C@H]5O)[C@]4(C)[C@@]3(F)CC[C@]2(C)[C@@]1(O)C(=O)C[C@@H]1O[C@H](CO)[C@H](O)[C@H](O)[C@H]1O. The van der Waals surface area contributed by atoms with Gasteiger partial charge in [-0.3, -0.25) is 9.59 Å². The average molecular weight is 685 g/mol. The van der Waals surface area contributed by atoms with Crippen molar-refractivity contribution in [2.45, 2.75) is 132 Å². The maximum Gasteiger partial charge on any atom is 0.178 e. The quantitative estimate of drug-likeness (QED) is 0.153. The molecule has 2 heterocycles. The van der Waals surface area contributed by atoms with E-state index in [9.17, 15) is 55.5 Å². The predicted molar refractivity (Wildman–Crippen MR) is 163 cm³/mol. The second kappa shape index (κ2) is 12.2. The van der Waals surface area contributed by atoms with Crippen LogP contribution in [-0.2, 0) is 19.1 Å². The minimum atomic E-state index is -2.06. The molecule has 14 heteroatoms. The number of rotatable bonds is 6. The first-order valence-corrected chi connectivity index (χ1v) is 16.9. The molecule has 1 unspecified atom stereocenters. The van der Waals surface area contributed by atoms with E-state index < -0.39 is 132 Å². The molecule has 0 aromatic rings. The molecule has 17 atom stereocenters. The number of carbonyl (C=O) groups excluding carboxylic acids is 2. The molecule has 4 aliphatic carbocycles. The highest BCUT2D eigenvalue weighted by molar-refractivity contribution is 6.02. The van der Waals surface area contributed by atoms with Gasteiger partial charge in [-0.25, -0.2) is 4.39 Å². The van der Waals surface area contributed by atoms with Gasteiger partial charge in [0.15, 0.2) is 11.6 Å². The second-order valence-corrected chi connectivity index (χ2v) is 15.5. The van der Waals surface area contributed by atoms with Gasteiger partial charge < -0.3 is 55.4 Å². The minimum Gasteiger partial charge on any atom is -0.394 e. The van der Waals surface area contributed by atoms with E-state index in [1.54, 1.807) is 20.8 Å². The minimum absolute atomic E-state index is 0.0463. The number of aliphatic hydroxyl groups is 9. The lowest BCUT2D eigenvalue weighted by atomic mass is 9.43. The Balaban J connectivity index is 1.33. The number of ketones is 2. The first-order valence-electron chi connectivity index (χ1n) is 16.9. The van der Waals surface area contributed by atoms with Gasteiger partial charge in [0.2, 0.25) is 0 Å². The summed E-state index contributed by atoms with van der Waals surface area (Å²) in [6, 6.07) is 0.